The van der Waals surface area contributed by atoms with E-state index in [-0.39, 0.29) is 6.04 Å². The van der Waals surface area contributed by atoms with E-state index in [0.29, 0.717) is 0 Å². The molecule has 108 valence electrons. The topological polar surface area (TPSA) is 35.2 Å². The molecule has 0 aliphatic rings. The smallest absolute Gasteiger partial charge is 0.123 e. The van der Waals surface area contributed by atoms with Gasteiger partial charge in [0.1, 0.15) is 5.75 Å². The summed E-state index contributed by atoms with van der Waals surface area (Å²) in [5.41, 5.74) is 8.59. The van der Waals surface area contributed by atoms with E-state index in [4.69, 9.17) is 10.5 Å². The molecule has 2 N–H and O–H groups in total. The fourth-order valence-electron chi connectivity index (χ4n) is 2.26. The molecule has 0 radical (unpaired) electrons. The molecule has 19 heavy (non-hydrogen) atoms. The highest BCUT2D eigenvalue weighted by Gasteiger charge is 2.13. The van der Waals surface area contributed by atoms with Gasteiger partial charge < -0.3 is 10.5 Å². The molecule has 1 unspecified atom stereocenters. The van der Waals surface area contributed by atoms with Gasteiger partial charge >= 0.3 is 0 Å². The van der Waals surface area contributed by atoms with Crippen LogP contribution in [0.3, 0.4) is 0 Å². The third-order valence-corrected chi connectivity index (χ3v) is 4.38. The Hall–Kier alpha value is -0.540. The molecule has 0 aromatic heterocycles. The lowest BCUT2D eigenvalue weighted by Gasteiger charge is -2.17. The maximum atomic E-state index is 6.30. The lowest BCUT2D eigenvalue weighted by molar-refractivity contribution is 0.402. The Bertz CT molecular complexity index is 393. The highest BCUT2D eigenvalue weighted by atomic mass is 79.9. The van der Waals surface area contributed by atoms with Crippen molar-refractivity contribution in [1.29, 1.82) is 0 Å². The first-order chi connectivity index (χ1) is 9.10. The van der Waals surface area contributed by atoms with Crippen molar-refractivity contribution < 1.29 is 4.74 Å². The Morgan fingerprint density at radius 2 is 1.89 bits per heavy atom. The van der Waals surface area contributed by atoms with Crippen LogP contribution in [0.5, 0.6) is 5.75 Å². The number of aryl methyl sites for hydroxylation is 1. The minimum absolute atomic E-state index is 0.0634. The van der Waals surface area contributed by atoms with Crippen molar-refractivity contribution >= 4 is 15.9 Å². The first kappa shape index (κ1) is 16.5. The van der Waals surface area contributed by atoms with Crippen molar-refractivity contribution in [2.45, 2.75) is 58.4 Å². The quantitative estimate of drug-likeness (QED) is 0.672. The van der Waals surface area contributed by atoms with Gasteiger partial charge in [-0.1, -0.05) is 55.0 Å². The van der Waals surface area contributed by atoms with E-state index in [1.807, 2.05) is 0 Å². The van der Waals surface area contributed by atoms with Crippen LogP contribution in [0.2, 0.25) is 0 Å². The summed E-state index contributed by atoms with van der Waals surface area (Å²) < 4.78 is 6.55. The van der Waals surface area contributed by atoms with E-state index < -0.39 is 0 Å². The summed E-state index contributed by atoms with van der Waals surface area (Å²) in [5, 5.41) is 0. The molecule has 0 aliphatic carbocycles. The van der Waals surface area contributed by atoms with Crippen LogP contribution < -0.4 is 10.5 Å². The standard InChI is InChI=1S/C16H26BrNO/c1-4-5-6-7-8-9-15(18)13-11-14(17)12(2)10-16(13)19-3/h10-11,15H,4-9,18H2,1-3H3. The Kier molecular flexibility index (Phi) is 7.47. The van der Waals surface area contributed by atoms with Gasteiger partial charge in [0.25, 0.3) is 0 Å². The Morgan fingerprint density at radius 3 is 2.53 bits per heavy atom. The van der Waals surface area contributed by atoms with Gasteiger partial charge in [0.05, 0.1) is 7.11 Å². The molecule has 0 aliphatic heterocycles. The molecule has 0 spiro atoms. The summed E-state index contributed by atoms with van der Waals surface area (Å²) >= 11 is 3.57. The van der Waals surface area contributed by atoms with Crippen molar-refractivity contribution in [3.63, 3.8) is 0 Å². The van der Waals surface area contributed by atoms with Crippen LogP contribution in [0.4, 0.5) is 0 Å². The molecule has 1 atom stereocenters. The second kappa shape index (κ2) is 8.60. The molecule has 1 rings (SSSR count). The maximum Gasteiger partial charge on any atom is 0.123 e. The van der Waals surface area contributed by atoms with Crippen molar-refractivity contribution in [1.82, 2.24) is 0 Å². The third-order valence-electron chi connectivity index (χ3n) is 3.53. The molecule has 0 amide bonds. The number of methoxy groups -OCH3 is 1. The lowest BCUT2D eigenvalue weighted by Crippen LogP contribution is -2.12. The molecule has 0 saturated heterocycles. The number of hydrogen-bond acceptors (Lipinski definition) is 2. The average molecular weight is 328 g/mol. The number of benzene rings is 1. The molecule has 0 saturated carbocycles. The SMILES string of the molecule is CCCCCCCC(N)c1cc(Br)c(C)cc1OC. The van der Waals surface area contributed by atoms with E-state index in [2.05, 4.69) is 41.9 Å². The van der Waals surface area contributed by atoms with Gasteiger partial charge in [-0.05, 0) is 31.0 Å². The van der Waals surface area contributed by atoms with Crippen molar-refractivity contribution in [3.8, 4) is 5.75 Å². The molecule has 0 bridgehead atoms. The summed E-state index contributed by atoms with van der Waals surface area (Å²) in [4.78, 5) is 0. The van der Waals surface area contributed by atoms with E-state index in [0.717, 1.165) is 22.2 Å². The van der Waals surface area contributed by atoms with Gasteiger partial charge in [-0.2, -0.15) is 0 Å². The van der Waals surface area contributed by atoms with E-state index in [1.54, 1.807) is 7.11 Å². The van der Waals surface area contributed by atoms with Gasteiger partial charge in [0.2, 0.25) is 0 Å². The number of nitrogens with two attached hydrogens (primary N) is 1. The summed E-state index contributed by atoms with van der Waals surface area (Å²) in [5.74, 6) is 0.904. The molecular formula is C16H26BrNO. The van der Waals surface area contributed by atoms with Crippen LogP contribution in [0, 0.1) is 6.92 Å². The van der Waals surface area contributed by atoms with Gasteiger partial charge in [0, 0.05) is 16.1 Å². The highest BCUT2D eigenvalue weighted by Crippen LogP contribution is 2.32. The molecule has 0 heterocycles. The number of rotatable bonds is 8. The van der Waals surface area contributed by atoms with Crippen LogP contribution in [0.15, 0.2) is 16.6 Å². The highest BCUT2D eigenvalue weighted by molar-refractivity contribution is 9.10. The van der Waals surface area contributed by atoms with E-state index in [1.165, 1.54) is 37.7 Å². The zero-order valence-electron chi connectivity index (χ0n) is 12.3. The second-order valence-electron chi connectivity index (χ2n) is 5.15. The van der Waals surface area contributed by atoms with E-state index >= 15 is 0 Å². The minimum atomic E-state index is 0.0634. The summed E-state index contributed by atoms with van der Waals surface area (Å²) in [7, 11) is 1.71. The zero-order chi connectivity index (χ0) is 14.3. The Labute approximate surface area is 125 Å². The number of ether oxygens (including phenoxy) is 1. The van der Waals surface area contributed by atoms with Crippen molar-refractivity contribution in [2.24, 2.45) is 5.73 Å². The average Bonchev–Trinajstić information content (AvgIpc) is 2.40. The van der Waals surface area contributed by atoms with Crippen molar-refractivity contribution in [2.75, 3.05) is 7.11 Å². The van der Waals surface area contributed by atoms with Crippen LogP contribution in [-0.2, 0) is 0 Å². The van der Waals surface area contributed by atoms with Crippen LogP contribution in [-0.4, -0.2) is 7.11 Å². The first-order valence-corrected chi connectivity index (χ1v) is 7.99. The second-order valence-corrected chi connectivity index (χ2v) is 6.01. The molecule has 2 nitrogen and oxygen atoms in total. The lowest BCUT2D eigenvalue weighted by atomic mass is 9.98. The van der Waals surface area contributed by atoms with Crippen LogP contribution >= 0.6 is 15.9 Å². The molecular weight excluding hydrogens is 302 g/mol. The summed E-state index contributed by atoms with van der Waals surface area (Å²) in [6.45, 7) is 4.30. The van der Waals surface area contributed by atoms with Gasteiger partial charge in [-0.25, -0.2) is 0 Å². The van der Waals surface area contributed by atoms with Gasteiger partial charge in [0.15, 0.2) is 0 Å². The zero-order valence-corrected chi connectivity index (χ0v) is 13.9. The summed E-state index contributed by atoms with van der Waals surface area (Å²) in [6.07, 6.45) is 7.42. The predicted molar refractivity (Wildman–Crippen MR) is 85.7 cm³/mol. The summed E-state index contributed by atoms with van der Waals surface area (Å²) in [6, 6.07) is 4.22. The number of halogens is 1. The fourth-order valence-corrected chi connectivity index (χ4v) is 2.62. The fraction of sp³-hybridized carbons (Fsp3) is 0.625. The minimum Gasteiger partial charge on any atom is -0.496 e. The van der Waals surface area contributed by atoms with Crippen molar-refractivity contribution in [3.05, 3.63) is 27.7 Å². The molecule has 3 heteroatoms. The van der Waals surface area contributed by atoms with E-state index in [9.17, 15) is 0 Å². The Morgan fingerprint density at radius 1 is 1.21 bits per heavy atom. The first-order valence-electron chi connectivity index (χ1n) is 7.19. The predicted octanol–water partition coefficient (Wildman–Crippen LogP) is 5.13. The number of hydrogen-bond donors (Lipinski definition) is 1. The normalized spacial score (nSPS) is 12.5. The van der Waals surface area contributed by atoms with Gasteiger partial charge in [-0.3, -0.25) is 0 Å². The largest absolute Gasteiger partial charge is 0.496 e. The molecule has 1 aromatic carbocycles. The number of unbranched alkanes of at least 4 members (excludes halogenated alkanes) is 4. The third kappa shape index (κ3) is 5.15. The molecule has 1 aromatic rings. The Balaban J connectivity index is 2.60. The van der Waals surface area contributed by atoms with Crippen LogP contribution in [0.25, 0.3) is 0 Å². The maximum absolute atomic E-state index is 6.30. The monoisotopic (exact) mass is 327 g/mol. The van der Waals surface area contributed by atoms with Crippen LogP contribution in [0.1, 0.15) is 62.6 Å². The van der Waals surface area contributed by atoms with Gasteiger partial charge in [-0.15, -0.1) is 0 Å². The molecule has 0 fully saturated rings.